The topological polar surface area (TPSA) is 184 Å². The summed E-state index contributed by atoms with van der Waals surface area (Å²) in [7, 11) is 0. The number of H-pyrrole nitrogens is 1. The number of carboxylic acids is 1. The molecule has 0 aromatic carbocycles. The Bertz CT molecular complexity index is 1890. The number of amides is 1. The number of fused-ring (bicyclic) bond motifs is 4. The zero-order valence-electron chi connectivity index (χ0n) is 33.5. The molecule has 3 heterocycles. The van der Waals surface area contributed by atoms with Crippen LogP contribution in [0.2, 0.25) is 0 Å². The normalized spacial score (nSPS) is 41.3. The highest BCUT2D eigenvalue weighted by Gasteiger charge is 2.67. The number of allylic oxidation sites excluding steroid dienone is 3. The maximum Gasteiger partial charge on any atom is 0.346 e. The number of ketones is 1. The summed E-state index contributed by atoms with van der Waals surface area (Å²) in [5.74, 6) is -4.15. The molecule has 1 saturated carbocycles. The third kappa shape index (κ3) is 6.87. The monoisotopic (exact) mass is 852 g/mol. The molecule has 1 aromatic rings. The van der Waals surface area contributed by atoms with Crippen molar-refractivity contribution in [1.29, 1.82) is 0 Å². The summed E-state index contributed by atoms with van der Waals surface area (Å²) in [6.45, 7) is 9.56. The maximum absolute atomic E-state index is 15.1. The number of aromatic nitrogens is 1. The number of carboxylic acid groups (broad SMARTS) is 1. The van der Waals surface area contributed by atoms with Gasteiger partial charge in [0.15, 0.2) is 11.9 Å². The molecule has 2 aliphatic heterocycles. The summed E-state index contributed by atoms with van der Waals surface area (Å²) in [6.07, 6.45) is 14.4. The predicted octanol–water partition coefficient (Wildman–Crippen LogP) is 7.26. The van der Waals surface area contributed by atoms with Crippen LogP contribution in [-0.2, 0) is 28.6 Å². The number of aromatic amines is 1. The van der Waals surface area contributed by atoms with Crippen molar-refractivity contribution in [3.63, 3.8) is 0 Å². The second-order valence-corrected chi connectivity index (χ2v) is 18.3. The molecule has 5 N–H and O–H groups in total. The number of nitrogens with one attached hydrogen (secondary N) is 2. The SMILES string of the molecule is CC[C@H]1C[C@]23OC(=O)C(=C(O)[C@]4(CC)[C@@H](C=C[C@H]5[C@@H](O[C@H]6C[C@@H](O)[C@H](NC(=O)c7[nH]ccc7Br)[C@@H](C)O6)[C@@H](C)CC[C@@H]54)CCCC/C=C\[C@@]2(C)C=C1C(=O)O)C3=O. The Morgan fingerprint density at radius 3 is 2.56 bits per heavy atom. The smallest absolute Gasteiger partial charge is 0.346 e. The van der Waals surface area contributed by atoms with Gasteiger partial charge in [0.25, 0.3) is 5.91 Å². The summed E-state index contributed by atoms with van der Waals surface area (Å²) < 4.78 is 20.0. The van der Waals surface area contributed by atoms with Crippen LogP contribution in [-0.4, -0.2) is 80.2 Å². The summed E-state index contributed by atoms with van der Waals surface area (Å²) in [5, 5.41) is 37.2. The van der Waals surface area contributed by atoms with Crippen LogP contribution in [0.4, 0.5) is 0 Å². The average Bonchev–Trinajstić information content (AvgIpc) is 3.71. The predicted molar refractivity (Wildman–Crippen MR) is 214 cm³/mol. The first-order valence-electron chi connectivity index (χ1n) is 20.8. The van der Waals surface area contributed by atoms with Crippen LogP contribution in [0.15, 0.2) is 64.0 Å². The van der Waals surface area contributed by atoms with E-state index in [1.165, 1.54) is 0 Å². The fraction of sp³-hybridized carbons (Fsp3) is 0.636. The van der Waals surface area contributed by atoms with Crippen molar-refractivity contribution in [3.8, 4) is 0 Å². The van der Waals surface area contributed by atoms with Crippen molar-refractivity contribution < 1.29 is 48.7 Å². The summed E-state index contributed by atoms with van der Waals surface area (Å²) in [4.78, 5) is 57.6. The lowest BCUT2D eigenvalue weighted by Gasteiger charge is -2.55. The van der Waals surface area contributed by atoms with E-state index in [0.29, 0.717) is 29.4 Å². The lowest BCUT2D eigenvalue weighted by atomic mass is 9.50. The van der Waals surface area contributed by atoms with Crippen LogP contribution in [0.3, 0.4) is 0 Å². The van der Waals surface area contributed by atoms with Crippen LogP contribution in [0.1, 0.15) is 109 Å². The minimum atomic E-state index is -1.70. The minimum Gasteiger partial charge on any atom is -0.511 e. The first-order chi connectivity index (χ1) is 27.1. The van der Waals surface area contributed by atoms with Crippen molar-refractivity contribution in [2.24, 2.45) is 40.4 Å². The van der Waals surface area contributed by atoms with Gasteiger partial charge < -0.3 is 39.8 Å². The van der Waals surface area contributed by atoms with Gasteiger partial charge in [0.05, 0.1) is 29.8 Å². The molecule has 7 rings (SSSR count). The molecule has 4 aliphatic carbocycles. The van der Waals surface area contributed by atoms with Gasteiger partial charge in [-0.05, 0) is 104 Å². The van der Waals surface area contributed by atoms with Crippen molar-refractivity contribution in [3.05, 3.63) is 69.7 Å². The molecule has 3 fully saturated rings. The fourth-order valence-corrected chi connectivity index (χ4v) is 11.7. The quantitative estimate of drug-likeness (QED) is 0.106. The Kier molecular flexibility index (Phi) is 11.6. The first kappa shape index (κ1) is 41.6. The van der Waals surface area contributed by atoms with E-state index in [1.54, 1.807) is 32.2 Å². The number of halogens is 1. The second kappa shape index (κ2) is 15.9. The number of ether oxygens (including phenoxy) is 3. The summed E-state index contributed by atoms with van der Waals surface area (Å²) in [6, 6.07) is 1.06. The van der Waals surface area contributed by atoms with E-state index in [9.17, 15) is 29.7 Å². The molecule has 13 heteroatoms. The van der Waals surface area contributed by atoms with Crippen LogP contribution in [0, 0.1) is 40.4 Å². The van der Waals surface area contributed by atoms with Crippen molar-refractivity contribution in [2.45, 2.75) is 135 Å². The second-order valence-electron chi connectivity index (χ2n) is 17.5. The zero-order valence-corrected chi connectivity index (χ0v) is 35.0. The molecule has 6 aliphatic rings. The molecule has 2 bridgehead atoms. The van der Waals surface area contributed by atoms with Crippen LogP contribution in [0.5, 0.6) is 0 Å². The van der Waals surface area contributed by atoms with Crippen molar-refractivity contribution >= 4 is 39.6 Å². The highest BCUT2D eigenvalue weighted by Crippen LogP contribution is 2.61. The first-order valence-corrected chi connectivity index (χ1v) is 21.6. The Morgan fingerprint density at radius 2 is 1.89 bits per heavy atom. The third-order valence-corrected chi connectivity index (χ3v) is 15.1. The number of aliphatic carboxylic acids is 1. The molecule has 1 amide bonds. The van der Waals surface area contributed by atoms with Gasteiger partial charge in [-0.3, -0.25) is 9.59 Å². The van der Waals surface area contributed by atoms with Gasteiger partial charge in [-0.1, -0.05) is 57.6 Å². The zero-order chi connectivity index (χ0) is 41.0. The summed E-state index contributed by atoms with van der Waals surface area (Å²) in [5.41, 5.74) is -3.71. The Balaban J connectivity index is 1.22. The van der Waals surface area contributed by atoms with Crippen LogP contribution in [0.25, 0.3) is 0 Å². The Morgan fingerprint density at radius 1 is 1.12 bits per heavy atom. The lowest BCUT2D eigenvalue weighted by Crippen LogP contribution is -2.58. The van der Waals surface area contributed by atoms with E-state index in [0.717, 1.165) is 32.1 Å². The maximum atomic E-state index is 15.1. The largest absolute Gasteiger partial charge is 0.511 e. The van der Waals surface area contributed by atoms with Crippen molar-refractivity contribution in [2.75, 3.05) is 0 Å². The Labute approximate surface area is 342 Å². The highest BCUT2D eigenvalue weighted by molar-refractivity contribution is 9.10. The standard InChI is InChI=1S/C44H57BrN2O10/c1-6-25-21-44-38(50)33(41(54)57-44)37(49)43(7-2)26(12-10-8-9-11-18-42(44,5)22-28(25)40(52)53)14-15-27-29(43)16-13-23(3)36(27)56-32-20-31(48)34(24(4)55-32)47-39(51)35-30(45)17-19-46-35/h11,14-15,17-19,22-27,29,31-32,34,36,46,48-49H,6-10,12-13,16,20-21H2,1-5H3,(H,47,51)(H,52,53)/b18-11-,37-33?/t23-,24+,25-,26+,27+,29-,31+,32-,34+,36-,42-,43+,44+/m0/s1. The molecule has 0 radical (unpaired) electrons. The van der Waals surface area contributed by atoms with Crippen LogP contribution >= 0.6 is 15.9 Å². The number of hydrogen-bond donors (Lipinski definition) is 5. The lowest BCUT2D eigenvalue weighted by molar-refractivity contribution is -0.258. The molecular formula is C44H57BrN2O10. The number of esters is 1. The Hall–Kier alpha value is -3.52. The fourth-order valence-electron chi connectivity index (χ4n) is 11.3. The van der Waals surface area contributed by atoms with Gasteiger partial charge in [-0.25, -0.2) is 9.59 Å². The van der Waals surface area contributed by atoms with Gasteiger partial charge in [-0.15, -0.1) is 0 Å². The van der Waals surface area contributed by atoms with E-state index in [-0.39, 0.29) is 65.4 Å². The van der Waals surface area contributed by atoms with E-state index in [4.69, 9.17) is 14.2 Å². The van der Waals surface area contributed by atoms with E-state index >= 15 is 4.79 Å². The molecular weight excluding hydrogens is 796 g/mol. The van der Waals surface area contributed by atoms with Gasteiger partial charge in [0.2, 0.25) is 5.78 Å². The summed E-state index contributed by atoms with van der Waals surface area (Å²) >= 11 is 3.37. The van der Waals surface area contributed by atoms with E-state index in [1.807, 2.05) is 26.0 Å². The highest BCUT2D eigenvalue weighted by atomic mass is 79.9. The molecule has 13 atom stereocenters. The molecule has 310 valence electrons. The van der Waals surface area contributed by atoms with Crippen LogP contribution < -0.4 is 5.32 Å². The van der Waals surface area contributed by atoms with E-state index in [2.05, 4.69) is 45.3 Å². The van der Waals surface area contributed by atoms with Gasteiger partial charge in [0, 0.05) is 40.4 Å². The molecule has 1 spiro atoms. The number of Topliss-reactive ketones (excluding diaryl/α,β-unsaturated/α-hetero) is 1. The van der Waals surface area contributed by atoms with Crippen molar-refractivity contribution in [1.82, 2.24) is 10.3 Å². The molecule has 57 heavy (non-hydrogen) atoms. The van der Waals surface area contributed by atoms with E-state index < -0.39 is 64.6 Å². The molecule has 0 unspecified atom stereocenters. The molecule has 1 aromatic heterocycles. The van der Waals surface area contributed by atoms with Gasteiger partial charge in [0.1, 0.15) is 17.0 Å². The number of aliphatic hydroxyl groups excluding tert-OH is 2. The number of aliphatic hydroxyl groups is 2. The molecule has 2 saturated heterocycles. The third-order valence-electron chi connectivity index (χ3n) is 14.4. The van der Waals surface area contributed by atoms with Gasteiger partial charge in [-0.2, -0.15) is 0 Å². The number of hydrogen-bond acceptors (Lipinski definition) is 9. The van der Waals surface area contributed by atoms with Gasteiger partial charge >= 0.3 is 11.9 Å². The average molecular weight is 854 g/mol. The molecule has 12 nitrogen and oxygen atoms in total. The minimum absolute atomic E-state index is 0.00543. The number of rotatable bonds is 7. The number of carbonyl (C=O) groups is 4. The number of carbonyl (C=O) groups excluding carboxylic acids is 3.